The van der Waals surface area contributed by atoms with Crippen molar-refractivity contribution in [1.29, 1.82) is 0 Å². The number of methoxy groups -OCH3 is 1. The first-order valence-electron chi connectivity index (χ1n) is 9.36. The van der Waals surface area contributed by atoms with E-state index >= 15 is 0 Å². The van der Waals surface area contributed by atoms with Gasteiger partial charge in [0.1, 0.15) is 10.8 Å². The molecule has 2 aromatic carbocycles. The lowest BCUT2D eigenvalue weighted by molar-refractivity contribution is -0.126. The molecule has 0 spiro atoms. The van der Waals surface area contributed by atoms with Gasteiger partial charge in [0.05, 0.1) is 25.3 Å². The SMILES string of the molecule is COc1cccc(N2CC(C(=O)NCc3nc(-c4ccccc4)cs3)CC2=O)c1. The zero-order valence-electron chi connectivity index (χ0n) is 16.0. The van der Waals surface area contributed by atoms with Gasteiger partial charge in [-0.1, -0.05) is 36.4 Å². The van der Waals surface area contributed by atoms with Crippen LogP contribution in [0, 0.1) is 5.92 Å². The molecule has 1 fully saturated rings. The fraction of sp³-hybridized carbons (Fsp3) is 0.227. The zero-order chi connectivity index (χ0) is 20.2. The fourth-order valence-corrected chi connectivity index (χ4v) is 4.09. The summed E-state index contributed by atoms with van der Waals surface area (Å²) in [5.74, 6) is 0.127. The molecule has 1 unspecified atom stereocenters. The highest BCUT2D eigenvalue weighted by molar-refractivity contribution is 7.09. The van der Waals surface area contributed by atoms with Crippen molar-refractivity contribution in [2.45, 2.75) is 13.0 Å². The third-order valence-electron chi connectivity index (χ3n) is 4.90. The molecule has 3 aromatic rings. The van der Waals surface area contributed by atoms with Gasteiger partial charge in [0.15, 0.2) is 0 Å². The maximum Gasteiger partial charge on any atom is 0.227 e. The van der Waals surface area contributed by atoms with Crippen LogP contribution in [-0.4, -0.2) is 30.5 Å². The van der Waals surface area contributed by atoms with Crippen molar-refractivity contribution in [3.63, 3.8) is 0 Å². The molecule has 4 rings (SSSR count). The highest BCUT2D eigenvalue weighted by Gasteiger charge is 2.35. The molecular weight excluding hydrogens is 386 g/mol. The van der Waals surface area contributed by atoms with Crippen molar-refractivity contribution in [2.24, 2.45) is 5.92 Å². The number of carbonyl (C=O) groups is 2. The van der Waals surface area contributed by atoms with Crippen molar-refractivity contribution < 1.29 is 14.3 Å². The van der Waals surface area contributed by atoms with E-state index in [-0.39, 0.29) is 24.2 Å². The highest BCUT2D eigenvalue weighted by atomic mass is 32.1. The van der Waals surface area contributed by atoms with Gasteiger partial charge in [0.2, 0.25) is 11.8 Å². The van der Waals surface area contributed by atoms with E-state index in [1.54, 1.807) is 18.1 Å². The Morgan fingerprint density at radius 1 is 1.24 bits per heavy atom. The van der Waals surface area contributed by atoms with Crippen LogP contribution >= 0.6 is 11.3 Å². The lowest BCUT2D eigenvalue weighted by Crippen LogP contribution is -2.32. The molecular formula is C22H21N3O3S. The first-order chi connectivity index (χ1) is 14.1. The third-order valence-corrected chi connectivity index (χ3v) is 5.74. The first kappa shape index (κ1) is 19.1. The Balaban J connectivity index is 1.36. The number of thiazole rings is 1. The molecule has 0 saturated carbocycles. The largest absolute Gasteiger partial charge is 0.497 e. The quantitative estimate of drug-likeness (QED) is 0.679. The topological polar surface area (TPSA) is 71.5 Å². The summed E-state index contributed by atoms with van der Waals surface area (Å²) in [5.41, 5.74) is 2.70. The second kappa shape index (κ2) is 8.45. The summed E-state index contributed by atoms with van der Waals surface area (Å²) in [6.07, 6.45) is 0.205. The maximum atomic E-state index is 12.6. The third kappa shape index (κ3) is 4.30. The van der Waals surface area contributed by atoms with Crippen molar-refractivity contribution >= 4 is 28.8 Å². The van der Waals surface area contributed by atoms with Crippen LogP contribution in [0.25, 0.3) is 11.3 Å². The second-order valence-electron chi connectivity index (χ2n) is 6.82. The molecule has 1 aliphatic heterocycles. The highest BCUT2D eigenvalue weighted by Crippen LogP contribution is 2.28. The summed E-state index contributed by atoms with van der Waals surface area (Å²) in [4.78, 5) is 31.3. The average molecular weight is 407 g/mol. The molecule has 1 N–H and O–H groups in total. The zero-order valence-corrected chi connectivity index (χ0v) is 16.8. The predicted molar refractivity (Wildman–Crippen MR) is 113 cm³/mol. The van der Waals surface area contributed by atoms with E-state index in [1.807, 2.05) is 53.9 Å². The number of carbonyl (C=O) groups excluding carboxylic acids is 2. The van der Waals surface area contributed by atoms with E-state index in [2.05, 4.69) is 10.3 Å². The van der Waals surface area contributed by atoms with Gasteiger partial charge >= 0.3 is 0 Å². The van der Waals surface area contributed by atoms with E-state index < -0.39 is 0 Å². The van der Waals surface area contributed by atoms with Crippen LogP contribution in [0.5, 0.6) is 5.75 Å². The summed E-state index contributed by atoms with van der Waals surface area (Å²) in [6.45, 7) is 0.727. The Labute approximate surface area is 173 Å². The van der Waals surface area contributed by atoms with Crippen LogP contribution in [-0.2, 0) is 16.1 Å². The normalized spacial score (nSPS) is 16.1. The monoisotopic (exact) mass is 407 g/mol. The van der Waals surface area contributed by atoms with E-state index in [0.29, 0.717) is 18.8 Å². The number of hydrogen-bond donors (Lipinski definition) is 1. The number of anilines is 1. The van der Waals surface area contributed by atoms with Crippen molar-refractivity contribution in [2.75, 3.05) is 18.6 Å². The minimum Gasteiger partial charge on any atom is -0.497 e. The van der Waals surface area contributed by atoms with E-state index in [1.165, 1.54) is 11.3 Å². The smallest absolute Gasteiger partial charge is 0.227 e. The van der Waals surface area contributed by atoms with Gasteiger partial charge in [-0.3, -0.25) is 9.59 Å². The number of rotatable bonds is 6. The number of nitrogens with one attached hydrogen (secondary N) is 1. The number of nitrogens with zero attached hydrogens (tertiary/aromatic N) is 2. The van der Waals surface area contributed by atoms with E-state index in [9.17, 15) is 9.59 Å². The number of benzene rings is 2. The van der Waals surface area contributed by atoms with Gasteiger partial charge in [-0.2, -0.15) is 0 Å². The number of aromatic nitrogens is 1. The van der Waals surface area contributed by atoms with Gasteiger partial charge < -0.3 is 15.0 Å². The summed E-state index contributed by atoms with van der Waals surface area (Å²) < 4.78 is 5.22. The Bertz CT molecular complexity index is 1020. The summed E-state index contributed by atoms with van der Waals surface area (Å²) in [6, 6.07) is 17.2. The van der Waals surface area contributed by atoms with Gasteiger partial charge in [-0.15, -0.1) is 11.3 Å². The molecule has 1 atom stereocenters. The van der Waals surface area contributed by atoms with Crippen LogP contribution in [0.4, 0.5) is 5.69 Å². The predicted octanol–water partition coefficient (Wildman–Crippen LogP) is 3.49. The Kier molecular flexibility index (Phi) is 5.57. The molecule has 0 radical (unpaired) electrons. The summed E-state index contributed by atoms with van der Waals surface area (Å²) in [7, 11) is 1.59. The molecule has 148 valence electrons. The second-order valence-corrected chi connectivity index (χ2v) is 7.76. The summed E-state index contributed by atoms with van der Waals surface area (Å²) >= 11 is 1.51. The minimum atomic E-state index is -0.373. The molecule has 1 saturated heterocycles. The molecule has 6 nitrogen and oxygen atoms in total. The molecule has 1 aromatic heterocycles. The van der Waals surface area contributed by atoms with Gasteiger partial charge in [-0.05, 0) is 12.1 Å². The summed E-state index contributed by atoms with van der Waals surface area (Å²) in [5, 5.41) is 5.75. The lowest BCUT2D eigenvalue weighted by atomic mass is 10.1. The van der Waals surface area contributed by atoms with Crippen LogP contribution in [0.3, 0.4) is 0 Å². The molecule has 7 heteroatoms. The Hall–Kier alpha value is -3.19. The molecule has 2 heterocycles. The van der Waals surface area contributed by atoms with E-state index in [4.69, 9.17) is 4.74 Å². The van der Waals surface area contributed by atoms with Crippen molar-refractivity contribution in [3.05, 3.63) is 65.0 Å². The molecule has 29 heavy (non-hydrogen) atoms. The first-order valence-corrected chi connectivity index (χ1v) is 10.2. The Morgan fingerprint density at radius 2 is 2.07 bits per heavy atom. The molecule has 0 bridgehead atoms. The number of hydrogen-bond acceptors (Lipinski definition) is 5. The molecule has 2 amide bonds. The Morgan fingerprint density at radius 3 is 2.86 bits per heavy atom. The van der Waals surface area contributed by atoms with Crippen LogP contribution in [0.1, 0.15) is 11.4 Å². The molecule has 0 aliphatic carbocycles. The fourth-order valence-electron chi connectivity index (χ4n) is 3.35. The lowest BCUT2D eigenvalue weighted by Gasteiger charge is -2.17. The van der Waals surface area contributed by atoms with Crippen LogP contribution < -0.4 is 15.0 Å². The van der Waals surface area contributed by atoms with Gasteiger partial charge in [0, 0.05) is 35.7 Å². The van der Waals surface area contributed by atoms with Gasteiger partial charge in [-0.25, -0.2) is 4.98 Å². The standard InChI is InChI=1S/C22H21N3O3S/c1-28-18-9-5-8-17(11-18)25-13-16(10-21(25)26)22(27)23-12-20-24-19(14-29-20)15-6-3-2-4-7-15/h2-9,11,14,16H,10,12-13H2,1H3,(H,23,27). The maximum absolute atomic E-state index is 12.6. The van der Waals surface area contributed by atoms with Gasteiger partial charge in [0.25, 0.3) is 0 Å². The molecule has 1 aliphatic rings. The number of ether oxygens (including phenoxy) is 1. The van der Waals surface area contributed by atoms with Crippen LogP contribution in [0.2, 0.25) is 0 Å². The van der Waals surface area contributed by atoms with Crippen LogP contribution in [0.15, 0.2) is 60.0 Å². The van der Waals surface area contributed by atoms with Crippen molar-refractivity contribution in [1.82, 2.24) is 10.3 Å². The minimum absolute atomic E-state index is 0.0565. The number of amides is 2. The van der Waals surface area contributed by atoms with Crippen molar-refractivity contribution in [3.8, 4) is 17.0 Å². The van der Waals surface area contributed by atoms with E-state index in [0.717, 1.165) is 22.0 Å². The average Bonchev–Trinajstić information content (AvgIpc) is 3.39.